The van der Waals surface area contributed by atoms with Crippen LogP contribution in [0.2, 0.25) is 0 Å². The van der Waals surface area contributed by atoms with Crippen LogP contribution in [0.15, 0.2) is 18.3 Å². The van der Waals surface area contributed by atoms with E-state index in [1.165, 1.54) is 12.1 Å². The van der Waals surface area contributed by atoms with Crippen molar-refractivity contribution in [3.63, 3.8) is 0 Å². The fraction of sp³-hybridized carbons (Fsp3) is 0.700. The van der Waals surface area contributed by atoms with Gasteiger partial charge in [-0.2, -0.15) is 0 Å². The van der Waals surface area contributed by atoms with Gasteiger partial charge in [0.05, 0.1) is 12.3 Å². The monoisotopic (exact) mass is 377 g/mol. The summed E-state index contributed by atoms with van der Waals surface area (Å²) in [6.45, 7) is 4.66. The number of piperidine rings is 2. The molecule has 148 valence electrons. The molecule has 4 heterocycles. The second kappa shape index (κ2) is 7.81. The summed E-state index contributed by atoms with van der Waals surface area (Å²) in [4.78, 5) is 20.8. The molecule has 1 amide bonds. The van der Waals surface area contributed by atoms with Crippen LogP contribution in [-0.2, 0) is 4.74 Å². The normalized spacial score (nSPS) is 27.0. The lowest BCUT2D eigenvalue weighted by Gasteiger charge is -2.51. The highest BCUT2D eigenvalue weighted by Gasteiger charge is 2.44. The van der Waals surface area contributed by atoms with Gasteiger partial charge in [0.2, 0.25) is 0 Å². The highest BCUT2D eigenvalue weighted by Crippen LogP contribution is 2.41. The number of hydrogen-bond donors (Lipinski definition) is 1. The second-order valence-corrected chi connectivity index (χ2v) is 8.28. The average molecular weight is 377 g/mol. The number of nitrogens with zero attached hydrogens (tertiary/aromatic N) is 3. The van der Waals surface area contributed by atoms with Crippen LogP contribution < -0.4 is 0 Å². The molecule has 1 spiro atoms. The minimum atomic E-state index is -0.437. The number of likely N-dealkylation sites (tertiary alicyclic amines) is 2. The number of pyridine rings is 1. The molecule has 0 radical (unpaired) electrons. The van der Waals surface area contributed by atoms with Crippen molar-refractivity contribution in [1.29, 1.82) is 0 Å². The average Bonchev–Trinajstić information content (AvgIpc) is 2.69. The van der Waals surface area contributed by atoms with Gasteiger partial charge in [-0.1, -0.05) is 0 Å². The van der Waals surface area contributed by atoms with Gasteiger partial charge in [0.25, 0.3) is 5.91 Å². The van der Waals surface area contributed by atoms with Gasteiger partial charge in [-0.15, -0.1) is 0 Å². The van der Waals surface area contributed by atoms with Crippen LogP contribution >= 0.6 is 0 Å². The van der Waals surface area contributed by atoms with E-state index in [4.69, 9.17) is 4.74 Å². The lowest BCUT2D eigenvalue weighted by atomic mass is 9.71. The van der Waals surface area contributed by atoms with E-state index in [0.717, 1.165) is 64.6 Å². The molecule has 0 bridgehead atoms. The number of halogens is 1. The maximum Gasteiger partial charge on any atom is 0.272 e. The smallest absolute Gasteiger partial charge is 0.272 e. The van der Waals surface area contributed by atoms with Gasteiger partial charge in [-0.05, 0) is 49.7 Å². The van der Waals surface area contributed by atoms with Gasteiger partial charge < -0.3 is 14.7 Å². The summed E-state index contributed by atoms with van der Waals surface area (Å²) < 4.78 is 18.5. The molecule has 27 heavy (non-hydrogen) atoms. The Hall–Kier alpha value is -1.57. The summed E-state index contributed by atoms with van der Waals surface area (Å²) in [6.07, 6.45) is 5.43. The van der Waals surface area contributed by atoms with E-state index < -0.39 is 5.82 Å². The number of aliphatic hydroxyl groups excluding tert-OH is 1. The molecule has 7 heteroatoms. The third kappa shape index (κ3) is 4.15. The maximum absolute atomic E-state index is 13.0. The summed E-state index contributed by atoms with van der Waals surface area (Å²) in [5.41, 5.74) is 0.364. The fourth-order valence-corrected chi connectivity index (χ4v) is 4.93. The minimum absolute atomic E-state index is 0.0724. The summed E-state index contributed by atoms with van der Waals surface area (Å²) in [5.74, 6) is -0.573. The summed E-state index contributed by atoms with van der Waals surface area (Å²) in [6, 6.07) is 3.21. The van der Waals surface area contributed by atoms with E-state index in [0.29, 0.717) is 24.8 Å². The number of aliphatic hydroxyl groups is 1. The van der Waals surface area contributed by atoms with E-state index >= 15 is 0 Å². The van der Waals surface area contributed by atoms with Crippen molar-refractivity contribution in [3.05, 3.63) is 29.8 Å². The van der Waals surface area contributed by atoms with E-state index in [2.05, 4.69) is 9.88 Å². The zero-order valence-electron chi connectivity index (χ0n) is 15.6. The van der Waals surface area contributed by atoms with E-state index in [1.54, 1.807) is 0 Å². The highest BCUT2D eigenvalue weighted by molar-refractivity contribution is 5.92. The summed E-state index contributed by atoms with van der Waals surface area (Å²) in [5, 5.41) is 10.5. The number of ether oxygens (including phenoxy) is 1. The Labute approximate surface area is 159 Å². The fourth-order valence-electron chi connectivity index (χ4n) is 4.93. The Bertz CT molecular complexity index is 655. The van der Waals surface area contributed by atoms with Crippen molar-refractivity contribution in [2.24, 2.45) is 5.41 Å². The molecule has 3 aliphatic rings. The number of carbonyl (C=O) groups is 1. The van der Waals surface area contributed by atoms with E-state index in [-0.39, 0.29) is 17.4 Å². The lowest BCUT2D eigenvalue weighted by Crippen LogP contribution is -2.57. The molecule has 3 aliphatic heterocycles. The Morgan fingerprint density at radius 1 is 1.26 bits per heavy atom. The molecule has 3 fully saturated rings. The number of hydrogen-bond acceptors (Lipinski definition) is 5. The van der Waals surface area contributed by atoms with E-state index in [1.807, 2.05) is 4.90 Å². The summed E-state index contributed by atoms with van der Waals surface area (Å²) in [7, 11) is 0. The van der Waals surface area contributed by atoms with Crippen molar-refractivity contribution in [3.8, 4) is 0 Å². The highest BCUT2D eigenvalue weighted by atomic mass is 19.1. The molecule has 4 rings (SSSR count). The standard InChI is InChI=1S/C20H28FN3O3/c21-15-1-2-18(22-12-15)19(26)23-7-5-20(6-8-23)11-17(25)13-24(14-20)16-3-9-27-10-4-16/h1-2,12,16-17,25H,3-11,13-14H2. The molecular weight excluding hydrogens is 349 g/mol. The number of amides is 1. The van der Waals surface area contributed by atoms with Gasteiger partial charge in [0.1, 0.15) is 11.5 Å². The van der Waals surface area contributed by atoms with Gasteiger partial charge in [-0.25, -0.2) is 9.37 Å². The van der Waals surface area contributed by atoms with Crippen LogP contribution in [0.3, 0.4) is 0 Å². The quantitative estimate of drug-likeness (QED) is 0.850. The van der Waals surface area contributed by atoms with Gasteiger partial charge in [-0.3, -0.25) is 9.69 Å². The third-order valence-corrected chi connectivity index (χ3v) is 6.42. The minimum Gasteiger partial charge on any atom is -0.392 e. The van der Waals surface area contributed by atoms with Gasteiger partial charge in [0.15, 0.2) is 0 Å². The SMILES string of the molecule is O=C(c1ccc(F)cn1)N1CCC2(CC1)CC(O)CN(C1CCOCC1)C2. The Balaban J connectivity index is 1.39. The summed E-state index contributed by atoms with van der Waals surface area (Å²) >= 11 is 0. The van der Waals surface area contributed by atoms with Crippen LogP contribution in [0.4, 0.5) is 4.39 Å². The van der Waals surface area contributed by atoms with Crippen LogP contribution in [0, 0.1) is 11.2 Å². The van der Waals surface area contributed by atoms with Crippen LogP contribution in [0.25, 0.3) is 0 Å². The first-order valence-corrected chi connectivity index (χ1v) is 9.95. The Kier molecular flexibility index (Phi) is 5.43. The predicted molar refractivity (Wildman–Crippen MR) is 97.8 cm³/mol. The molecule has 0 aliphatic carbocycles. The lowest BCUT2D eigenvalue weighted by molar-refractivity contribution is -0.0695. The van der Waals surface area contributed by atoms with Gasteiger partial charge in [0, 0.05) is 45.4 Å². The largest absolute Gasteiger partial charge is 0.392 e. The van der Waals surface area contributed by atoms with E-state index in [9.17, 15) is 14.3 Å². The molecule has 1 unspecified atom stereocenters. The second-order valence-electron chi connectivity index (χ2n) is 8.28. The van der Waals surface area contributed by atoms with Crippen molar-refractivity contribution < 1.29 is 19.0 Å². The molecule has 1 aromatic rings. The number of aromatic nitrogens is 1. The maximum atomic E-state index is 13.0. The van der Waals surface area contributed by atoms with Crippen LogP contribution in [-0.4, -0.2) is 77.3 Å². The van der Waals surface area contributed by atoms with Crippen molar-refractivity contribution in [2.75, 3.05) is 39.4 Å². The molecular formula is C20H28FN3O3. The first-order chi connectivity index (χ1) is 13.0. The molecule has 6 nitrogen and oxygen atoms in total. The molecule has 1 atom stereocenters. The zero-order chi connectivity index (χ0) is 18.9. The van der Waals surface area contributed by atoms with Crippen LogP contribution in [0.1, 0.15) is 42.6 Å². The number of rotatable bonds is 2. The Morgan fingerprint density at radius 3 is 2.67 bits per heavy atom. The van der Waals surface area contributed by atoms with Crippen molar-refractivity contribution in [1.82, 2.24) is 14.8 Å². The topological polar surface area (TPSA) is 65.9 Å². The number of carbonyl (C=O) groups excluding carboxylic acids is 1. The van der Waals surface area contributed by atoms with Crippen molar-refractivity contribution >= 4 is 5.91 Å². The zero-order valence-corrected chi connectivity index (χ0v) is 15.6. The molecule has 0 aromatic carbocycles. The van der Waals surface area contributed by atoms with Crippen molar-refractivity contribution in [2.45, 2.75) is 44.2 Å². The predicted octanol–water partition coefficient (Wildman–Crippen LogP) is 1.69. The van der Waals surface area contributed by atoms with Crippen LogP contribution in [0.5, 0.6) is 0 Å². The third-order valence-electron chi connectivity index (χ3n) is 6.42. The molecule has 1 N–H and O–H groups in total. The molecule has 3 saturated heterocycles. The molecule has 1 aromatic heterocycles. The molecule has 0 saturated carbocycles. The Morgan fingerprint density at radius 2 is 2.00 bits per heavy atom. The first kappa shape index (κ1) is 18.8. The first-order valence-electron chi connectivity index (χ1n) is 9.95. The number of β-amino-alcohol motifs (C(OH)–C–C–N with tert-alkyl or cyclic N) is 1. The van der Waals surface area contributed by atoms with Gasteiger partial charge >= 0.3 is 0 Å².